The van der Waals surface area contributed by atoms with Crippen LogP contribution in [0.2, 0.25) is 0 Å². The van der Waals surface area contributed by atoms with Crippen molar-refractivity contribution >= 4 is 11.8 Å². The molecule has 0 aliphatic carbocycles. The van der Waals surface area contributed by atoms with Crippen LogP contribution >= 0.6 is 0 Å². The molecular weight excluding hydrogens is 174 g/mol. The van der Waals surface area contributed by atoms with Gasteiger partial charge in [0.1, 0.15) is 0 Å². The summed E-state index contributed by atoms with van der Waals surface area (Å²) in [5.41, 5.74) is 0. The lowest BCUT2D eigenvalue weighted by Gasteiger charge is -1.90. The monoisotopic (exact) mass is 187 g/mol. The van der Waals surface area contributed by atoms with Crippen LogP contribution < -0.4 is 5.32 Å². The maximum atomic E-state index is 10.1. The molecule has 5 heteroatoms. The molecule has 0 aromatic carbocycles. The van der Waals surface area contributed by atoms with Crippen molar-refractivity contribution in [2.24, 2.45) is 0 Å². The zero-order chi connectivity index (χ0) is 10.4. The molecule has 3 N–H and O–H groups in total. The first kappa shape index (κ1) is 11.6. The molecule has 0 bridgehead atoms. The number of carbonyl (C=O) groups is 2. The summed E-state index contributed by atoms with van der Waals surface area (Å²) in [7, 11) is 0. The summed E-state index contributed by atoms with van der Waals surface area (Å²) in [6, 6.07) is 0. The van der Waals surface area contributed by atoms with Crippen molar-refractivity contribution in [3.63, 3.8) is 0 Å². The molecule has 0 aromatic heterocycles. The molecule has 1 atom stereocenters. The third-order valence-electron chi connectivity index (χ3n) is 1.33. The number of hydrogen-bond acceptors (Lipinski definition) is 4. The van der Waals surface area contributed by atoms with E-state index >= 15 is 0 Å². The zero-order valence-corrected chi connectivity index (χ0v) is 7.57. The highest BCUT2D eigenvalue weighted by molar-refractivity contribution is 6.14. The molecule has 0 saturated heterocycles. The molecule has 2 amide bonds. The fourth-order valence-corrected chi connectivity index (χ4v) is 0.402. The lowest BCUT2D eigenvalue weighted by molar-refractivity contribution is -0.124. The third-order valence-corrected chi connectivity index (χ3v) is 1.33. The highest BCUT2D eigenvalue weighted by Crippen LogP contribution is 1.94. The average molecular weight is 187 g/mol. The lowest BCUT2D eigenvalue weighted by atomic mass is 10.3. The molecule has 0 radical (unpaired) electrons. The summed E-state index contributed by atoms with van der Waals surface area (Å²) in [6.07, 6.45) is 1.58. The Morgan fingerprint density at radius 3 is 2.08 bits per heavy atom. The van der Waals surface area contributed by atoms with Crippen LogP contribution in [0.3, 0.4) is 0 Å². The van der Waals surface area contributed by atoms with Gasteiger partial charge < -0.3 is 10.2 Å². The van der Waals surface area contributed by atoms with E-state index in [-0.39, 0.29) is 6.10 Å². The van der Waals surface area contributed by atoms with E-state index in [1.807, 2.05) is 12.2 Å². The molecule has 1 rings (SSSR count). The molecule has 1 heterocycles. The topological polar surface area (TPSA) is 86.6 Å². The van der Waals surface area contributed by atoms with Crippen molar-refractivity contribution in [2.75, 3.05) is 0 Å². The quantitative estimate of drug-likeness (QED) is 0.499. The number of imide groups is 1. The molecular formula is C8H13NO4. The Morgan fingerprint density at radius 1 is 1.54 bits per heavy atom. The number of amides is 2. The van der Waals surface area contributed by atoms with Crippen molar-refractivity contribution in [1.29, 1.82) is 0 Å². The summed E-state index contributed by atoms with van der Waals surface area (Å²) in [5, 5.41) is 18.6. The summed E-state index contributed by atoms with van der Waals surface area (Å²) in [6.45, 7) is 3.73. The predicted molar refractivity (Wildman–Crippen MR) is 45.8 cm³/mol. The Morgan fingerprint density at radius 2 is 2.00 bits per heavy atom. The predicted octanol–water partition coefficient (Wildman–Crippen LogP) is -0.138. The van der Waals surface area contributed by atoms with Crippen LogP contribution in [0.4, 0.5) is 0 Å². The Hall–Kier alpha value is -1.36. The van der Waals surface area contributed by atoms with E-state index < -0.39 is 17.6 Å². The minimum atomic E-state index is -0.727. The Bertz CT molecular complexity index is 232. The van der Waals surface area contributed by atoms with Crippen molar-refractivity contribution in [3.05, 3.63) is 11.8 Å². The third kappa shape index (κ3) is 4.97. The molecule has 1 unspecified atom stereocenters. The van der Waals surface area contributed by atoms with Gasteiger partial charge in [-0.1, -0.05) is 6.92 Å². The van der Waals surface area contributed by atoms with Gasteiger partial charge in [0.05, 0.1) is 12.2 Å². The van der Waals surface area contributed by atoms with Gasteiger partial charge in [-0.2, -0.15) is 0 Å². The van der Waals surface area contributed by atoms with E-state index in [9.17, 15) is 9.59 Å². The lowest BCUT2D eigenvalue weighted by Crippen LogP contribution is -2.21. The fourth-order valence-electron chi connectivity index (χ4n) is 0.402. The molecule has 74 valence electrons. The first-order valence-corrected chi connectivity index (χ1v) is 3.91. The first-order valence-electron chi connectivity index (χ1n) is 3.91. The molecule has 0 saturated carbocycles. The largest absolute Gasteiger partial charge is 0.503 e. The van der Waals surface area contributed by atoms with Crippen LogP contribution in [0, 0.1) is 0 Å². The van der Waals surface area contributed by atoms with E-state index in [4.69, 9.17) is 10.2 Å². The molecule has 1 aliphatic heterocycles. The average Bonchev–Trinajstić information content (AvgIpc) is 2.31. The van der Waals surface area contributed by atoms with Gasteiger partial charge in [-0.25, -0.2) is 0 Å². The minimum absolute atomic E-state index is 0.116. The maximum absolute atomic E-state index is 10.1. The molecule has 0 fully saturated rings. The fraction of sp³-hybridized carbons (Fsp3) is 0.500. The van der Waals surface area contributed by atoms with Crippen LogP contribution in [0.25, 0.3) is 0 Å². The highest BCUT2D eigenvalue weighted by atomic mass is 16.3. The summed E-state index contributed by atoms with van der Waals surface area (Å²) >= 11 is 0. The standard InChI is InChI=1S/C4H3NO3.C4H10O/c6-2-1-3(7)5-4(2)8;1-3-4(2)5/h1H,(H2,5,6,7,8);4-5H,3H2,1-2H3. The number of carbonyl (C=O) groups excluding carboxylic acids is 2. The number of aliphatic hydroxyl groups excluding tert-OH is 2. The van der Waals surface area contributed by atoms with Crippen molar-refractivity contribution < 1.29 is 19.8 Å². The van der Waals surface area contributed by atoms with Crippen molar-refractivity contribution in [2.45, 2.75) is 26.4 Å². The summed E-state index contributed by atoms with van der Waals surface area (Å²) in [4.78, 5) is 20.2. The Kier molecular flexibility index (Phi) is 4.76. The summed E-state index contributed by atoms with van der Waals surface area (Å²) < 4.78 is 0. The number of rotatable bonds is 1. The van der Waals surface area contributed by atoms with Crippen LogP contribution in [-0.2, 0) is 9.59 Å². The molecule has 5 nitrogen and oxygen atoms in total. The van der Waals surface area contributed by atoms with E-state index in [1.165, 1.54) is 0 Å². The van der Waals surface area contributed by atoms with Crippen LogP contribution in [0.15, 0.2) is 11.8 Å². The zero-order valence-electron chi connectivity index (χ0n) is 7.57. The van der Waals surface area contributed by atoms with Gasteiger partial charge in [-0.15, -0.1) is 0 Å². The Balaban J connectivity index is 0.000000252. The van der Waals surface area contributed by atoms with Crippen LogP contribution in [-0.4, -0.2) is 28.1 Å². The van der Waals surface area contributed by atoms with Gasteiger partial charge in [0, 0.05) is 0 Å². The Labute approximate surface area is 76.1 Å². The maximum Gasteiger partial charge on any atom is 0.293 e. The molecule has 13 heavy (non-hydrogen) atoms. The molecule has 0 spiro atoms. The van der Waals surface area contributed by atoms with Gasteiger partial charge in [-0.3, -0.25) is 14.9 Å². The second-order valence-corrected chi connectivity index (χ2v) is 2.61. The van der Waals surface area contributed by atoms with E-state index in [2.05, 4.69) is 0 Å². The second-order valence-electron chi connectivity index (χ2n) is 2.61. The normalized spacial score (nSPS) is 17.0. The number of aliphatic hydroxyl groups is 2. The van der Waals surface area contributed by atoms with Gasteiger partial charge in [0.2, 0.25) is 0 Å². The van der Waals surface area contributed by atoms with Crippen molar-refractivity contribution in [1.82, 2.24) is 5.32 Å². The number of nitrogens with one attached hydrogen (secondary N) is 1. The minimum Gasteiger partial charge on any atom is -0.503 e. The van der Waals surface area contributed by atoms with Crippen molar-refractivity contribution in [3.8, 4) is 0 Å². The van der Waals surface area contributed by atoms with Gasteiger partial charge >= 0.3 is 0 Å². The molecule has 0 aromatic rings. The van der Waals surface area contributed by atoms with E-state index in [0.717, 1.165) is 12.5 Å². The SMILES string of the molecule is CCC(C)O.O=C1C=C(O)C(=O)N1. The highest BCUT2D eigenvalue weighted by Gasteiger charge is 2.18. The van der Waals surface area contributed by atoms with Crippen LogP contribution in [0.1, 0.15) is 20.3 Å². The van der Waals surface area contributed by atoms with E-state index in [0.29, 0.717) is 0 Å². The van der Waals surface area contributed by atoms with Gasteiger partial charge in [0.15, 0.2) is 5.76 Å². The van der Waals surface area contributed by atoms with Gasteiger partial charge in [-0.05, 0) is 13.3 Å². The molecule has 1 aliphatic rings. The van der Waals surface area contributed by atoms with Gasteiger partial charge in [0.25, 0.3) is 11.8 Å². The second kappa shape index (κ2) is 5.31. The van der Waals surface area contributed by atoms with E-state index in [1.54, 1.807) is 6.92 Å². The summed E-state index contributed by atoms with van der Waals surface area (Å²) in [5.74, 6) is -1.81. The smallest absolute Gasteiger partial charge is 0.293 e. The van der Waals surface area contributed by atoms with Crippen LogP contribution in [0.5, 0.6) is 0 Å². The first-order chi connectivity index (χ1) is 5.97. The number of hydrogen-bond donors (Lipinski definition) is 3.